The van der Waals surface area contributed by atoms with Crippen LogP contribution in [-0.2, 0) is 80.9 Å². The molecule has 0 unspecified atom stereocenters. The molecule has 30 atom stereocenters. The van der Waals surface area contributed by atoms with Crippen LogP contribution in [0.2, 0.25) is 0 Å². The second-order valence-corrected chi connectivity index (χ2v) is 28.0. The Labute approximate surface area is 637 Å². The predicted octanol–water partition coefficient (Wildman–Crippen LogP) is -13.6. The lowest BCUT2D eigenvalue weighted by Gasteiger charge is -2.46. The van der Waals surface area contributed by atoms with Crippen molar-refractivity contribution in [2.45, 2.75) is 261 Å². The van der Waals surface area contributed by atoms with Crippen LogP contribution in [0.1, 0.15) is 83.5 Å². The predicted molar refractivity (Wildman–Crippen MR) is 364 cm³/mol. The standard InChI is InChI=1S/C65H114ClN7O37/c66-72-39(80)12-6-3-9-15-69-42(83)23-73(21-40(81)67-13-7-1-4-10-37(78)70-16-18-100-62-57(98)59(109-64-55(96)52(93)46(87)33(26-76)105-64)48(89)35(107-62)28-102-31-20-30(24-74)43(84)50(91)44(31)85)22-41(82)68-14-8-2-5-11-38(79)71-17-19-101-63-58(99)60(110-65-56(97)53(94)47(88)34(27-77)106-65)49(90)36(108-63)29-103-61-54(95)51(92)45(86)32(25-75)104-61/h30-36,43-65,74-77,84-99H,1-29H2,(H,67,81)(H,68,82)(H,69,83)(H,70,78)(H,71,79)(H,72,80)/t30-,31+,32-,33-,34-,35-,36-,43-,44-,45-,46-,47-,48-,49-,50+,51+,52+,53+,54+,55+,56+,57+,58+,59+,60+,61+,62+,63+,64-,65-/m1/s1. The SMILES string of the molecule is O=C(CCCCCNC(=O)CN(CC(=O)NCCCCCC(=O)NCCO[C@H]1O[C@H](CO[C@H]2O[C@H](CO)[C@@H](O)[C@H](O)[C@@H]2O)[C@@H](O)[C@H](O[C@H]2O[C@H](CO)[C@@H](O)[C@H](O)[C@@H]2O)[C@@H]1O)CC(=O)NCCCCCC(=O)NCCO[C@H]1O[C@H](CO[C@H]2C[C@H](CO)[C@@H](O)[C@H](O)[C@@H]2O)[C@@H](O)[C@H](O[C@H]2O[C@H](CO)[C@@H](O)[C@H](O)[C@@H]2O)[C@@H]1O)NCl. The molecule has 26 N–H and O–H groups in total. The number of hydrogen-bond acceptors (Lipinski definition) is 38. The van der Waals surface area contributed by atoms with Crippen molar-refractivity contribution in [1.82, 2.24) is 36.3 Å². The highest BCUT2D eigenvalue weighted by molar-refractivity contribution is 6.21. The number of amides is 6. The van der Waals surface area contributed by atoms with Crippen LogP contribution in [0.4, 0.5) is 0 Å². The van der Waals surface area contributed by atoms with E-state index in [1.54, 1.807) is 0 Å². The van der Waals surface area contributed by atoms with Crippen LogP contribution in [0.25, 0.3) is 0 Å². The molecule has 5 heterocycles. The molecule has 0 spiro atoms. The molecular weight excluding hydrogens is 1510 g/mol. The summed E-state index contributed by atoms with van der Waals surface area (Å²) >= 11 is 5.33. The van der Waals surface area contributed by atoms with Crippen LogP contribution >= 0.6 is 11.8 Å². The van der Waals surface area contributed by atoms with Crippen molar-refractivity contribution < 1.29 is 183 Å². The lowest BCUT2D eigenvalue weighted by Crippen LogP contribution is -2.65. The molecule has 1 saturated carbocycles. The summed E-state index contributed by atoms with van der Waals surface area (Å²) in [6.07, 6.45) is -45.4. The molecule has 44 nitrogen and oxygen atoms in total. The van der Waals surface area contributed by atoms with E-state index in [1.165, 1.54) is 4.90 Å². The van der Waals surface area contributed by atoms with Crippen LogP contribution in [-0.4, -0.2) is 426 Å². The number of carbonyl (C=O) groups is 6. The number of nitrogens with one attached hydrogen (secondary N) is 6. The van der Waals surface area contributed by atoms with Gasteiger partial charge in [0.15, 0.2) is 31.5 Å². The second-order valence-electron chi connectivity index (χ2n) is 27.8. The highest BCUT2D eigenvalue weighted by Crippen LogP contribution is 2.35. The molecule has 638 valence electrons. The molecule has 6 fully saturated rings. The zero-order valence-electron chi connectivity index (χ0n) is 60.5. The van der Waals surface area contributed by atoms with E-state index in [0.29, 0.717) is 57.8 Å². The van der Waals surface area contributed by atoms with Gasteiger partial charge in [-0.2, -0.15) is 0 Å². The fourth-order valence-corrected chi connectivity index (χ4v) is 13.0. The van der Waals surface area contributed by atoms with Crippen molar-refractivity contribution in [2.24, 2.45) is 5.92 Å². The highest BCUT2D eigenvalue weighted by Gasteiger charge is 2.55. The van der Waals surface area contributed by atoms with Gasteiger partial charge in [-0.05, 0) is 44.9 Å². The molecule has 0 aromatic carbocycles. The van der Waals surface area contributed by atoms with Gasteiger partial charge in [-0.15, -0.1) is 0 Å². The number of aliphatic hydroxyl groups excluding tert-OH is 20. The van der Waals surface area contributed by atoms with E-state index in [4.69, 9.17) is 63.9 Å². The van der Waals surface area contributed by atoms with E-state index in [2.05, 4.69) is 26.6 Å². The van der Waals surface area contributed by atoms with Gasteiger partial charge in [0.2, 0.25) is 35.4 Å². The molecule has 110 heavy (non-hydrogen) atoms. The molecule has 6 amide bonds. The Morgan fingerprint density at radius 3 is 1.05 bits per heavy atom. The minimum absolute atomic E-state index is 0.0244. The van der Waals surface area contributed by atoms with E-state index < -0.39 is 253 Å². The number of ether oxygens (including phenoxy) is 11. The van der Waals surface area contributed by atoms with E-state index in [-0.39, 0.29) is 97.2 Å². The Bertz CT molecular complexity index is 2560. The number of unbranched alkanes of at least 4 members (excludes halogenated alkanes) is 6. The number of carbonyl (C=O) groups excluding carboxylic acids is 6. The maximum Gasteiger partial charge on any atom is 0.234 e. The first kappa shape index (κ1) is 94.7. The lowest BCUT2D eigenvalue weighted by molar-refractivity contribution is -0.366. The molecule has 5 saturated heterocycles. The average molecular weight is 1620 g/mol. The minimum atomic E-state index is -1.97. The Kier molecular flexibility index (Phi) is 41.6. The molecule has 0 aromatic rings. The molecule has 6 rings (SSSR count). The van der Waals surface area contributed by atoms with Gasteiger partial charge >= 0.3 is 0 Å². The topological polar surface area (TPSA) is 684 Å². The summed E-state index contributed by atoms with van der Waals surface area (Å²) in [5, 5.41) is 222. The van der Waals surface area contributed by atoms with Gasteiger partial charge in [0.1, 0.15) is 134 Å². The Morgan fingerprint density at radius 1 is 0.327 bits per heavy atom. The van der Waals surface area contributed by atoms with Gasteiger partial charge in [-0.3, -0.25) is 38.5 Å². The van der Waals surface area contributed by atoms with E-state index in [1.807, 2.05) is 4.84 Å². The van der Waals surface area contributed by atoms with Crippen LogP contribution in [0, 0.1) is 5.92 Å². The zero-order chi connectivity index (χ0) is 80.9. The number of halogens is 1. The molecule has 1 aliphatic carbocycles. The molecule has 45 heteroatoms. The summed E-state index contributed by atoms with van der Waals surface area (Å²) in [6, 6.07) is 0. The van der Waals surface area contributed by atoms with Gasteiger partial charge in [-0.1, -0.05) is 19.3 Å². The third kappa shape index (κ3) is 28.3. The molecule has 0 radical (unpaired) electrons. The number of hydrogen-bond donors (Lipinski definition) is 26. The van der Waals surface area contributed by atoms with E-state index >= 15 is 0 Å². The monoisotopic (exact) mass is 1620 g/mol. The largest absolute Gasteiger partial charge is 0.396 e. The first-order chi connectivity index (χ1) is 52.5. The molecular formula is C65H114ClN7O37. The molecule has 0 bridgehead atoms. The third-order valence-electron chi connectivity index (χ3n) is 19.5. The van der Waals surface area contributed by atoms with Crippen molar-refractivity contribution >= 4 is 47.2 Å². The smallest absolute Gasteiger partial charge is 0.234 e. The first-order valence-corrected chi connectivity index (χ1v) is 37.2. The second kappa shape index (κ2) is 48.4. The Morgan fingerprint density at radius 2 is 0.664 bits per heavy atom. The molecule has 0 aromatic heterocycles. The molecule has 5 aliphatic heterocycles. The van der Waals surface area contributed by atoms with E-state index in [0.717, 1.165) is 0 Å². The van der Waals surface area contributed by atoms with Crippen LogP contribution < -0.4 is 31.4 Å². The summed E-state index contributed by atoms with van der Waals surface area (Å²) in [5.74, 6) is -3.59. The third-order valence-corrected chi connectivity index (χ3v) is 19.7. The maximum absolute atomic E-state index is 13.2. The van der Waals surface area contributed by atoms with Gasteiger partial charge in [0.05, 0.1) is 78.1 Å². The van der Waals surface area contributed by atoms with Crippen LogP contribution in [0.5, 0.6) is 0 Å². The summed E-state index contributed by atoms with van der Waals surface area (Å²) in [6.45, 7) is -5.70. The highest BCUT2D eigenvalue weighted by atomic mass is 35.5. The summed E-state index contributed by atoms with van der Waals surface area (Å²) in [5.41, 5.74) is 0. The summed E-state index contributed by atoms with van der Waals surface area (Å²) in [4.78, 5) is 80.0. The summed E-state index contributed by atoms with van der Waals surface area (Å²) < 4.78 is 62.0. The first-order valence-electron chi connectivity index (χ1n) is 36.8. The normalized spacial score (nSPS) is 36.8. The van der Waals surface area contributed by atoms with E-state index in [9.17, 15) is 131 Å². The van der Waals surface area contributed by atoms with Crippen LogP contribution in [0.15, 0.2) is 0 Å². The van der Waals surface area contributed by atoms with Gasteiger partial charge in [-0.25, -0.2) is 0 Å². The maximum atomic E-state index is 13.2. The number of nitrogens with zero attached hydrogens (tertiary/aromatic N) is 1. The van der Waals surface area contributed by atoms with Crippen molar-refractivity contribution in [1.29, 1.82) is 0 Å². The minimum Gasteiger partial charge on any atom is -0.396 e. The molecule has 6 aliphatic rings. The van der Waals surface area contributed by atoms with Crippen molar-refractivity contribution in [3.05, 3.63) is 0 Å². The van der Waals surface area contributed by atoms with Gasteiger partial charge in [0, 0.05) is 76.3 Å². The fourth-order valence-electron chi connectivity index (χ4n) is 12.9. The fraction of sp³-hybridized carbons (Fsp3) is 0.908. The summed E-state index contributed by atoms with van der Waals surface area (Å²) in [7, 11) is 0. The number of aliphatic hydroxyl groups is 20. The van der Waals surface area contributed by atoms with Gasteiger partial charge in [0.25, 0.3) is 0 Å². The van der Waals surface area contributed by atoms with Crippen molar-refractivity contribution in [2.75, 3.05) is 105 Å². The Balaban J connectivity index is 0.901. The lowest BCUT2D eigenvalue weighted by atomic mass is 9.81. The quantitative estimate of drug-likeness (QED) is 0.0199. The van der Waals surface area contributed by atoms with Crippen molar-refractivity contribution in [3.63, 3.8) is 0 Å². The number of rotatable bonds is 46. The van der Waals surface area contributed by atoms with Crippen LogP contribution in [0.3, 0.4) is 0 Å². The average Bonchev–Trinajstić information content (AvgIpc) is 0.786. The zero-order valence-corrected chi connectivity index (χ0v) is 61.3. The Hall–Kier alpha value is -4.17. The van der Waals surface area contributed by atoms with Gasteiger partial charge < -0.3 is 181 Å². The van der Waals surface area contributed by atoms with Crippen molar-refractivity contribution in [3.8, 4) is 0 Å².